The van der Waals surface area contributed by atoms with Gasteiger partial charge in [0.1, 0.15) is 0 Å². The van der Waals surface area contributed by atoms with Crippen molar-refractivity contribution in [2.75, 3.05) is 0 Å². The molecule has 0 saturated heterocycles. The van der Waals surface area contributed by atoms with E-state index in [1.54, 1.807) is 0 Å². The van der Waals surface area contributed by atoms with E-state index in [0.717, 1.165) is 0 Å². The summed E-state index contributed by atoms with van der Waals surface area (Å²) in [5.74, 6) is 0. The molecule has 0 spiro atoms. The van der Waals surface area contributed by atoms with Crippen LogP contribution in [0.4, 0.5) is 0 Å². The van der Waals surface area contributed by atoms with Crippen molar-refractivity contribution in [2.24, 2.45) is 0 Å². The van der Waals surface area contributed by atoms with Crippen molar-refractivity contribution < 1.29 is 0 Å². The Morgan fingerprint density at radius 2 is 0.431 bits per heavy atom. The molecule has 0 N–H and O–H groups in total. The van der Waals surface area contributed by atoms with Crippen molar-refractivity contribution in [1.82, 2.24) is 0 Å². The van der Waals surface area contributed by atoms with Crippen LogP contribution in [0.25, 0.3) is 65.3 Å². The van der Waals surface area contributed by atoms with Crippen LogP contribution in [0.1, 0.15) is 0 Å². The summed E-state index contributed by atoms with van der Waals surface area (Å²) in [6.07, 6.45) is 0. The largest absolute Gasteiger partial charge is 0.179 e. The van der Waals surface area contributed by atoms with Crippen molar-refractivity contribution in [2.45, 2.75) is 0 Å². The molecule has 0 aromatic heterocycles. The maximum Gasteiger partial charge on any atom is 0.179 e. The smallest absolute Gasteiger partial charge is 0.0623 e. The topological polar surface area (TPSA) is 0 Å². The van der Waals surface area contributed by atoms with Crippen LogP contribution in [-0.4, -0.2) is 16.1 Å². The zero-order chi connectivity index (χ0) is 47.9. The van der Waals surface area contributed by atoms with E-state index in [9.17, 15) is 0 Å². The summed E-state index contributed by atoms with van der Waals surface area (Å²) in [7, 11) is -5.89. The third-order valence-corrected chi connectivity index (χ3v) is 24.9. The number of benzene rings is 13. The van der Waals surface area contributed by atoms with Gasteiger partial charge in [-0.05, 0) is 107 Å². The van der Waals surface area contributed by atoms with Crippen molar-refractivity contribution in [3.63, 3.8) is 0 Å². The van der Waals surface area contributed by atoms with Gasteiger partial charge in [0.15, 0.2) is 16.1 Å². The molecule has 338 valence electrons. The first kappa shape index (κ1) is 43.4. The summed E-state index contributed by atoms with van der Waals surface area (Å²) >= 11 is 0. The van der Waals surface area contributed by atoms with Gasteiger partial charge in [-0.3, -0.25) is 0 Å². The van der Waals surface area contributed by atoms with E-state index in [1.807, 2.05) is 0 Å². The molecule has 0 aliphatic carbocycles. The first-order valence-electron chi connectivity index (χ1n) is 25.1. The molecule has 0 atom stereocenters. The lowest BCUT2D eigenvalue weighted by molar-refractivity contribution is 1.66. The Morgan fingerprint density at radius 1 is 0.167 bits per heavy atom. The molecular weight excluding hydrogens is 897 g/mol. The van der Waals surface area contributed by atoms with E-state index in [1.165, 1.54) is 107 Å². The highest BCUT2D eigenvalue weighted by Crippen LogP contribution is 2.46. The summed E-state index contributed by atoms with van der Waals surface area (Å²) in [5.41, 5.74) is 5.00. The second-order valence-electron chi connectivity index (χ2n) is 19.0. The minimum atomic E-state index is -2.94. The number of hydrogen-bond acceptors (Lipinski definition) is 0. The lowest BCUT2D eigenvalue weighted by Crippen LogP contribution is -2.74. The van der Waals surface area contributed by atoms with Crippen LogP contribution < -0.4 is 41.5 Å². The zero-order valence-electron chi connectivity index (χ0n) is 39.9. The molecule has 0 aliphatic rings. The monoisotopic (exact) mass is 946 g/mol. The Kier molecular flexibility index (Phi) is 11.0. The van der Waals surface area contributed by atoms with Crippen LogP contribution in [0, 0.1) is 0 Å². The Bertz CT molecular complexity index is 3590. The molecule has 0 aliphatic heterocycles. The van der Waals surface area contributed by atoms with E-state index in [2.05, 4.69) is 303 Å². The molecule has 0 radical (unpaired) electrons. The van der Waals surface area contributed by atoms with Gasteiger partial charge in [-0.25, -0.2) is 0 Å². The summed E-state index contributed by atoms with van der Waals surface area (Å²) in [5, 5.41) is 20.8. The molecule has 13 rings (SSSR count). The predicted molar refractivity (Wildman–Crippen MR) is 315 cm³/mol. The molecule has 0 bridgehead atoms. The second-order valence-corrected chi connectivity index (χ2v) is 26.6. The van der Waals surface area contributed by atoms with Crippen LogP contribution in [-0.2, 0) is 0 Å². The van der Waals surface area contributed by atoms with E-state index in [0.29, 0.717) is 0 Å². The first-order chi connectivity index (χ1) is 35.7. The van der Waals surface area contributed by atoms with Crippen molar-refractivity contribution in [3.8, 4) is 22.3 Å². The molecule has 2 heteroatoms. The Labute approximate surface area is 423 Å². The fourth-order valence-corrected chi connectivity index (χ4v) is 21.8. The van der Waals surface area contributed by atoms with Crippen molar-refractivity contribution >= 4 is 101 Å². The lowest BCUT2D eigenvalue weighted by Gasteiger charge is -2.35. The molecule has 0 unspecified atom stereocenters. The SMILES string of the molecule is c1ccc([Si](c2ccccc2)(c2ccccc2)c2ccc3c(-c4cccc5ccccc45)c4cc([Si](c5ccccc5)(c5ccccc5)c5ccccc5)ccc4c(-c4cccc5ccccc45)c3c2)cc1. The Hall–Kier alpha value is -8.67. The van der Waals surface area contributed by atoms with E-state index < -0.39 is 16.1 Å². The summed E-state index contributed by atoms with van der Waals surface area (Å²) < 4.78 is 0. The first-order valence-corrected chi connectivity index (χ1v) is 29.1. The van der Waals surface area contributed by atoms with Gasteiger partial charge in [0.05, 0.1) is 0 Å². The van der Waals surface area contributed by atoms with E-state index in [4.69, 9.17) is 0 Å². The zero-order valence-corrected chi connectivity index (χ0v) is 41.9. The molecular formula is C70H50Si2. The van der Waals surface area contributed by atoms with Gasteiger partial charge in [0.2, 0.25) is 0 Å². The Balaban J connectivity index is 1.24. The van der Waals surface area contributed by atoms with Gasteiger partial charge in [0, 0.05) is 0 Å². The number of hydrogen-bond donors (Lipinski definition) is 0. The normalized spacial score (nSPS) is 11.9. The van der Waals surface area contributed by atoms with Gasteiger partial charge in [-0.15, -0.1) is 0 Å². The van der Waals surface area contributed by atoms with Gasteiger partial charge in [-0.1, -0.05) is 303 Å². The van der Waals surface area contributed by atoms with Crippen LogP contribution in [0.5, 0.6) is 0 Å². The molecule has 0 nitrogen and oxygen atoms in total. The highest BCUT2D eigenvalue weighted by Gasteiger charge is 2.43. The van der Waals surface area contributed by atoms with Gasteiger partial charge >= 0.3 is 0 Å². The maximum atomic E-state index is 2.62. The average molecular weight is 947 g/mol. The third kappa shape index (κ3) is 6.94. The molecule has 72 heavy (non-hydrogen) atoms. The van der Waals surface area contributed by atoms with Crippen molar-refractivity contribution in [3.05, 3.63) is 303 Å². The minimum Gasteiger partial charge on any atom is -0.0623 e. The summed E-state index contributed by atoms with van der Waals surface area (Å²) in [6, 6.07) is 115. The fourth-order valence-electron chi connectivity index (χ4n) is 12.3. The standard InChI is InChI=1S/C70H50Si2/c1-7-29-53(30-8-1)71(54-31-9-2-10-32-54,55-33-11-3-12-34-55)59-45-47-65-67(49-59)69(63-43-23-27-51-25-19-21-41-61(51)63)66-48-46-60(50-68(66)70(65)64-44-24-28-52-26-20-22-42-62(52)64)72(56-35-13-4-14-36-56,57-37-15-5-16-38-57)58-39-17-6-18-40-58/h1-50H. The van der Waals surface area contributed by atoms with E-state index >= 15 is 0 Å². The highest BCUT2D eigenvalue weighted by molar-refractivity contribution is 7.20. The Morgan fingerprint density at radius 3 is 0.736 bits per heavy atom. The maximum absolute atomic E-state index is 2.94. The second kappa shape index (κ2) is 18.3. The van der Waals surface area contributed by atoms with Gasteiger partial charge in [0.25, 0.3) is 0 Å². The minimum absolute atomic E-state index is 1.23. The summed E-state index contributed by atoms with van der Waals surface area (Å²) in [6.45, 7) is 0. The molecule has 0 fully saturated rings. The fraction of sp³-hybridized carbons (Fsp3) is 0. The highest BCUT2D eigenvalue weighted by atomic mass is 28.3. The average Bonchev–Trinajstić information content (AvgIpc) is 3.46. The van der Waals surface area contributed by atoms with Crippen LogP contribution in [0.2, 0.25) is 0 Å². The van der Waals surface area contributed by atoms with E-state index in [-0.39, 0.29) is 0 Å². The van der Waals surface area contributed by atoms with Gasteiger partial charge < -0.3 is 0 Å². The number of fused-ring (bicyclic) bond motifs is 4. The molecule has 13 aromatic carbocycles. The predicted octanol–water partition coefficient (Wildman–Crippen LogP) is 12.4. The lowest BCUT2D eigenvalue weighted by atomic mass is 9.83. The summed E-state index contributed by atoms with van der Waals surface area (Å²) in [4.78, 5) is 0. The molecule has 0 amide bonds. The van der Waals surface area contributed by atoms with Crippen molar-refractivity contribution in [1.29, 1.82) is 0 Å². The third-order valence-electron chi connectivity index (χ3n) is 15.3. The quantitative estimate of drug-likeness (QED) is 0.0728. The van der Waals surface area contributed by atoms with Gasteiger partial charge in [-0.2, -0.15) is 0 Å². The van der Waals surface area contributed by atoms with Crippen LogP contribution in [0.3, 0.4) is 0 Å². The molecule has 0 heterocycles. The van der Waals surface area contributed by atoms with Crippen LogP contribution >= 0.6 is 0 Å². The number of rotatable bonds is 10. The molecule has 13 aromatic rings. The molecule has 0 saturated carbocycles. The van der Waals surface area contributed by atoms with Crippen LogP contribution in [0.15, 0.2) is 303 Å².